The standard InChI is InChI=1S/C17H21NO2/c19-17(20)14-3-1-2-11(8-14)9-18-10-15(12-4-5-12)16(18)13-6-7-13/h1-3,8,12-13,15-16H,4-7,9-10H2,(H,19,20). The molecule has 0 aromatic heterocycles. The Morgan fingerprint density at radius 2 is 1.95 bits per heavy atom. The van der Waals surface area contributed by atoms with Gasteiger partial charge < -0.3 is 5.11 Å². The molecule has 1 saturated heterocycles. The van der Waals surface area contributed by atoms with Crippen molar-refractivity contribution in [2.24, 2.45) is 17.8 Å². The molecule has 3 nitrogen and oxygen atoms in total. The van der Waals surface area contributed by atoms with Gasteiger partial charge in [0.05, 0.1) is 5.56 Å². The summed E-state index contributed by atoms with van der Waals surface area (Å²) in [7, 11) is 0. The molecule has 0 spiro atoms. The summed E-state index contributed by atoms with van der Waals surface area (Å²) in [6.45, 7) is 2.15. The van der Waals surface area contributed by atoms with Crippen LogP contribution in [0.1, 0.15) is 41.6 Å². The normalized spacial score (nSPS) is 30.0. The zero-order valence-corrected chi connectivity index (χ0v) is 11.7. The second-order valence-corrected chi connectivity index (χ2v) is 6.76. The highest BCUT2D eigenvalue weighted by Gasteiger charge is 2.52. The Morgan fingerprint density at radius 3 is 2.60 bits per heavy atom. The fraction of sp³-hybridized carbons (Fsp3) is 0.588. The Morgan fingerprint density at radius 1 is 1.20 bits per heavy atom. The number of likely N-dealkylation sites (tertiary alicyclic amines) is 1. The fourth-order valence-corrected chi connectivity index (χ4v) is 3.88. The van der Waals surface area contributed by atoms with Crippen molar-refractivity contribution in [1.82, 2.24) is 4.90 Å². The third kappa shape index (κ3) is 2.24. The molecule has 1 heterocycles. The summed E-state index contributed by atoms with van der Waals surface area (Å²) in [6, 6.07) is 8.21. The average molecular weight is 271 g/mol. The Balaban J connectivity index is 1.46. The predicted octanol–water partition coefficient (Wildman–Crippen LogP) is 3.01. The van der Waals surface area contributed by atoms with Gasteiger partial charge in [0.2, 0.25) is 0 Å². The molecule has 1 aromatic rings. The molecule has 2 saturated carbocycles. The van der Waals surface area contributed by atoms with Gasteiger partial charge in [0.1, 0.15) is 0 Å². The van der Waals surface area contributed by atoms with Gasteiger partial charge in [0, 0.05) is 19.1 Å². The van der Waals surface area contributed by atoms with Gasteiger partial charge in [0.25, 0.3) is 0 Å². The van der Waals surface area contributed by atoms with Crippen molar-refractivity contribution in [1.29, 1.82) is 0 Å². The van der Waals surface area contributed by atoms with Crippen LogP contribution in [-0.2, 0) is 6.54 Å². The van der Waals surface area contributed by atoms with Gasteiger partial charge >= 0.3 is 5.97 Å². The molecule has 1 aliphatic heterocycles. The summed E-state index contributed by atoms with van der Waals surface area (Å²) < 4.78 is 0. The topological polar surface area (TPSA) is 40.5 Å². The maximum absolute atomic E-state index is 11.0. The molecule has 3 aliphatic rings. The third-order valence-electron chi connectivity index (χ3n) is 5.20. The van der Waals surface area contributed by atoms with Crippen molar-refractivity contribution in [3.05, 3.63) is 35.4 Å². The number of benzene rings is 1. The predicted molar refractivity (Wildman–Crippen MR) is 76.5 cm³/mol. The monoisotopic (exact) mass is 271 g/mol. The molecule has 2 atom stereocenters. The van der Waals surface area contributed by atoms with Gasteiger partial charge in [-0.15, -0.1) is 0 Å². The van der Waals surface area contributed by atoms with Gasteiger partial charge in [-0.3, -0.25) is 4.90 Å². The van der Waals surface area contributed by atoms with Crippen molar-refractivity contribution in [3.8, 4) is 0 Å². The van der Waals surface area contributed by atoms with E-state index in [0.717, 1.165) is 35.9 Å². The number of hydrogen-bond donors (Lipinski definition) is 1. The van der Waals surface area contributed by atoms with E-state index in [9.17, 15) is 4.79 Å². The lowest BCUT2D eigenvalue weighted by Crippen LogP contribution is -2.57. The minimum Gasteiger partial charge on any atom is -0.478 e. The molecule has 1 N–H and O–H groups in total. The van der Waals surface area contributed by atoms with Crippen LogP contribution in [0.3, 0.4) is 0 Å². The highest BCUT2D eigenvalue weighted by Crippen LogP contribution is 2.52. The van der Waals surface area contributed by atoms with E-state index in [1.165, 1.54) is 32.2 Å². The summed E-state index contributed by atoms with van der Waals surface area (Å²) in [5.41, 5.74) is 1.55. The largest absolute Gasteiger partial charge is 0.478 e. The minimum atomic E-state index is -0.829. The number of carbonyl (C=O) groups is 1. The van der Waals surface area contributed by atoms with E-state index in [-0.39, 0.29) is 0 Å². The lowest BCUT2D eigenvalue weighted by molar-refractivity contribution is -0.0190. The number of nitrogens with zero attached hydrogens (tertiary/aromatic N) is 1. The maximum Gasteiger partial charge on any atom is 0.335 e. The van der Waals surface area contributed by atoms with Crippen molar-refractivity contribution >= 4 is 5.97 Å². The van der Waals surface area contributed by atoms with Crippen LogP contribution in [0.2, 0.25) is 0 Å². The first-order valence-electron chi connectivity index (χ1n) is 7.78. The van der Waals surface area contributed by atoms with Crippen molar-refractivity contribution in [2.45, 2.75) is 38.3 Å². The average Bonchev–Trinajstić information content (AvgIpc) is 3.27. The molecule has 0 radical (unpaired) electrons. The van der Waals surface area contributed by atoms with E-state index in [1.54, 1.807) is 6.07 Å². The molecule has 20 heavy (non-hydrogen) atoms. The Bertz CT molecular complexity index is 534. The van der Waals surface area contributed by atoms with Crippen LogP contribution < -0.4 is 0 Å². The molecular formula is C17H21NO2. The van der Waals surface area contributed by atoms with Crippen LogP contribution >= 0.6 is 0 Å². The Hall–Kier alpha value is -1.35. The van der Waals surface area contributed by atoms with Gasteiger partial charge in [-0.2, -0.15) is 0 Å². The lowest BCUT2D eigenvalue weighted by atomic mass is 9.81. The van der Waals surface area contributed by atoms with E-state index in [2.05, 4.69) is 11.0 Å². The van der Waals surface area contributed by atoms with E-state index < -0.39 is 5.97 Å². The summed E-state index contributed by atoms with van der Waals surface area (Å²) in [5.74, 6) is 2.04. The zero-order chi connectivity index (χ0) is 13.7. The van der Waals surface area contributed by atoms with Gasteiger partial charge in [-0.25, -0.2) is 4.79 Å². The summed E-state index contributed by atoms with van der Waals surface area (Å²) in [6.07, 6.45) is 5.69. The van der Waals surface area contributed by atoms with Crippen LogP contribution in [0.25, 0.3) is 0 Å². The molecule has 3 heteroatoms. The lowest BCUT2D eigenvalue weighted by Gasteiger charge is -2.49. The molecule has 2 aliphatic carbocycles. The Kier molecular flexibility index (Phi) is 2.84. The van der Waals surface area contributed by atoms with Crippen molar-refractivity contribution in [3.63, 3.8) is 0 Å². The van der Waals surface area contributed by atoms with Crippen molar-refractivity contribution < 1.29 is 9.90 Å². The highest BCUT2D eigenvalue weighted by atomic mass is 16.4. The van der Waals surface area contributed by atoms with Crippen molar-refractivity contribution in [2.75, 3.05) is 6.54 Å². The molecule has 0 amide bonds. The smallest absolute Gasteiger partial charge is 0.335 e. The molecule has 4 rings (SSSR count). The number of carboxylic acids is 1. The summed E-state index contributed by atoms with van der Waals surface area (Å²) in [5, 5.41) is 9.07. The van der Waals surface area contributed by atoms with Gasteiger partial charge in [-0.05, 0) is 61.1 Å². The molecule has 3 fully saturated rings. The zero-order valence-electron chi connectivity index (χ0n) is 11.7. The number of rotatable bonds is 5. The van der Waals surface area contributed by atoms with Crippen LogP contribution in [0, 0.1) is 17.8 Å². The van der Waals surface area contributed by atoms with Crippen LogP contribution in [-0.4, -0.2) is 28.6 Å². The van der Waals surface area contributed by atoms with E-state index in [1.807, 2.05) is 12.1 Å². The second kappa shape index (κ2) is 4.59. The maximum atomic E-state index is 11.0. The summed E-state index contributed by atoms with van der Waals surface area (Å²) in [4.78, 5) is 13.6. The second-order valence-electron chi connectivity index (χ2n) is 6.76. The highest BCUT2D eigenvalue weighted by molar-refractivity contribution is 5.87. The molecule has 2 unspecified atom stereocenters. The minimum absolute atomic E-state index is 0.407. The van der Waals surface area contributed by atoms with Crippen LogP contribution in [0.15, 0.2) is 24.3 Å². The van der Waals surface area contributed by atoms with E-state index in [0.29, 0.717) is 5.56 Å². The van der Waals surface area contributed by atoms with E-state index in [4.69, 9.17) is 5.11 Å². The molecule has 106 valence electrons. The molecule has 1 aromatic carbocycles. The van der Waals surface area contributed by atoms with Gasteiger partial charge in [-0.1, -0.05) is 12.1 Å². The molecular weight excluding hydrogens is 250 g/mol. The first-order valence-corrected chi connectivity index (χ1v) is 7.78. The number of hydrogen-bond acceptors (Lipinski definition) is 2. The molecule has 0 bridgehead atoms. The summed E-state index contributed by atoms with van der Waals surface area (Å²) >= 11 is 0. The SMILES string of the molecule is O=C(O)c1cccc(CN2CC(C3CC3)C2C2CC2)c1. The van der Waals surface area contributed by atoms with Gasteiger partial charge in [0.15, 0.2) is 0 Å². The first-order chi connectivity index (χ1) is 9.72. The Labute approximate surface area is 119 Å². The quantitative estimate of drug-likeness (QED) is 0.895. The fourth-order valence-electron chi connectivity index (χ4n) is 3.88. The van der Waals surface area contributed by atoms with Crippen LogP contribution in [0.4, 0.5) is 0 Å². The van der Waals surface area contributed by atoms with E-state index >= 15 is 0 Å². The number of carboxylic acid groups (broad SMARTS) is 1. The first kappa shape index (κ1) is 12.4. The third-order valence-corrected chi connectivity index (χ3v) is 5.20. The number of aromatic carboxylic acids is 1. The van der Waals surface area contributed by atoms with Crippen LogP contribution in [0.5, 0.6) is 0 Å².